The Morgan fingerprint density at radius 1 is 0.548 bits per heavy atom. The van der Waals surface area contributed by atoms with Crippen LogP contribution >= 0.6 is 0 Å². The van der Waals surface area contributed by atoms with Gasteiger partial charge in [0.05, 0.1) is 11.6 Å². The molecule has 2 rings (SSSR count). The van der Waals surface area contributed by atoms with Gasteiger partial charge in [-0.2, -0.15) is 5.26 Å². The zero-order valence-corrected chi connectivity index (χ0v) is 34.4. The molecule has 0 aromatic heterocycles. The fourth-order valence-electron chi connectivity index (χ4n) is 5.92. The van der Waals surface area contributed by atoms with E-state index < -0.39 is 50.9 Å². The summed E-state index contributed by atoms with van der Waals surface area (Å²) in [7, 11) is -13.8. The molecule has 12 heteroatoms. The Hall–Kier alpha value is -0.969. The molecule has 0 N–H and O–H groups in total. The normalized spacial score (nSPS) is 13.7. The highest BCUT2D eigenvalue weighted by molar-refractivity contribution is 6.91. The van der Waals surface area contributed by atoms with Gasteiger partial charge >= 0.3 is 34.2 Å². The summed E-state index contributed by atoms with van der Waals surface area (Å²) in [5.74, 6) is 0. The minimum absolute atomic E-state index is 0.674. The molecular formula is C30H55NO5Si6. The summed E-state index contributed by atoms with van der Waals surface area (Å²) in [5, 5.41) is 9.06. The molecule has 0 atom stereocenters. The van der Waals surface area contributed by atoms with Gasteiger partial charge in [-0.05, 0) is 119 Å². The van der Waals surface area contributed by atoms with Crippen molar-refractivity contribution in [3.8, 4) is 17.2 Å². The molecule has 234 valence electrons. The van der Waals surface area contributed by atoms with Gasteiger partial charge < -0.3 is 20.6 Å². The quantitative estimate of drug-likeness (QED) is 0.165. The van der Waals surface area contributed by atoms with Gasteiger partial charge in [-0.25, -0.2) is 0 Å². The molecule has 0 aliphatic rings. The largest absolute Gasteiger partial charge is 0.436 e. The zero-order chi connectivity index (χ0) is 32.0. The van der Waals surface area contributed by atoms with Gasteiger partial charge in [-0.1, -0.05) is 56.2 Å². The Morgan fingerprint density at radius 2 is 0.929 bits per heavy atom. The second-order valence-corrected chi connectivity index (χ2v) is 37.5. The van der Waals surface area contributed by atoms with Crippen molar-refractivity contribution in [2.45, 2.75) is 110 Å². The molecule has 0 aliphatic heterocycles. The van der Waals surface area contributed by atoms with Crippen molar-refractivity contribution in [1.82, 2.24) is 0 Å². The third-order valence-corrected chi connectivity index (χ3v) is 29.6. The average Bonchev–Trinajstić information content (AvgIpc) is 2.79. The van der Waals surface area contributed by atoms with Crippen LogP contribution in [0.3, 0.4) is 0 Å². The minimum atomic E-state index is -2.54. The summed E-state index contributed by atoms with van der Waals surface area (Å²) >= 11 is 0. The lowest BCUT2D eigenvalue weighted by atomic mass is 10.0. The Bertz CT molecular complexity index is 1190. The van der Waals surface area contributed by atoms with Crippen molar-refractivity contribution in [2.75, 3.05) is 0 Å². The molecule has 2 aromatic carbocycles. The summed E-state index contributed by atoms with van der Waals surface area (Å²) < 4.78 is 33.8. The third-order valence-electron chi connectivity index (χ3n) is 6.58. The zero-order valence-electron chi connectivity index (χ0n) is 28.4. The molecule has 6 nitrogen and oxygen atoms in total. The van der Waals surface area contributed by atoms with E-state index in [1.54, 1.807) is 0 Å². The number of nitrogens with zero attached hydrogens (tertiary/aromatic N) is 1. The van der Waals surface area contributed by atoms with Crippen LogP contribution in [0.4, 0.5) is 0 Å². The second-order valence-electron chi connectivity index (χ2n) is 14.3. The molecule has 0 fully saturated rings. The monoisotopic (exact) mass is 677 g/mol. The van der Waals surface area contributed by atoms with Gasteiger partial charge in [0, 0.05) is 0 Å². The van der Waals surface area contributed by atoms with Crippen molar-refractivity contribution in [3.63, 3.8) is 0 Å². The summed E-state index contributed by atoms with van der Waals surface area (Å²) in [6.07, 6.45) is 2.40. The average molecular weight is 678 g/mol. The number of benzene rings is 2. The molecule has 0 spiro atoms. The minimum Gasteiger partial charge on any atom is -0.436 e. The van der Waals surface area contributed by atoms with E-state index in [0.717, 1.165) is 23.2 Å². The van der Waals surface area contributed by atoms with Crippen molar-refractivity contribution in [3.05, 3.63) is 59.7 Å². The smallest absolute Gasteiger partial charge is 0.314 e. The lowest BCUT2D eigenvalue weighted by Gasteiger charge is -2.43. The van der Waals surface area contributed by atoms with E-state index >= 15 is 0 Å². The fraction of sp³-hybridized carbons (Fsp3) is 0.567. The predicted molar refractivity (Wildman–Crippen MR) is 190 cm³/mol. The molecular weight excluding hydrogens is 623 g/mol. The lowest BCUT2D eigenvalue weighted by Crippen LogP contribution is -2.60. The van der Waals surface area contributed by atoms with E-state index in [2.05, 4.69) is 116 Å². The highest BCUT2D eigenvalue weighted by Gasteiger charge is 2.47. The standard InChI is InChI=1S/C30H55NO5Si6/c1-14-15-24-37(2,3)32-39(6,7)34-41(10,11)36-42(12,13)35-40(8,9)33-38(4,5)26-28-18-22-30(23-19-28)29-20-16-27(25-31)17-21-29/h16-23H,14-15,24,26H2,1-13H3. The van der Waals surface area contributed by atoms with Crippen LogP contribution in [0.15, 0.2) is 48.5 Å². The SMILES string of the molecule is CCCC[Si](C)(C)O[Si](C)(C)O[Si](C)(C)O[Si](C)(C)O[Si](C)(C)O[Si](C)(C)Cc1ccc(-c2ccc(C#N)cc2)cc1. The van der Waals surface area contributed by atoms with Gasteiger partial charge in [0.2, 0.25) is 0 Å². The lowest BCUT2D eigenvalue weighted by molar-refractivity contribution is 0.281. The Balaban J connectivity index is 2.01. The second kappa shape index (κ2) is 14.4. The van der Waals surface area contributed by atoms with Crippen LogP contribution in [0.25, 0.3) is 11.1 Å². The summed E-state index contributed by atoms with van der Waals surface area (Å²) in [6, 6.07) is 20.6. The van der Waals surface area contributed by atoms with Crippen LogP contribution in [-0.4, -0.2) is 50.9 Å². The van der Waals surface area contributed by atoms with Gasteiger partial charge in [0.15, 0.2) is 16.6 Å². The van der Waals surface area contributed by atoms with E-state index in [-0.39, 0.29) is 0 Å². The first-order valence-corrected chi connectivity index (χ1v) is 32.7. The molecule has 0 amide bonds. The Morgan fingerprint density at radius 3 is 1.33 bits per heavy atom. The number of hydrogen-bond donors (Lipinski definition) is 0. The number of rotatable bonds is 16. The number of unbranched alkanes of at least 4 members (excludes halogenated alkanes) is 1. The summed E-state index contributed by atoms with van der Waals surface area (Å²) in [6.45, 7) is 28.5. The van der Waals surface area contributed by atoms with E-state index in [1.807, 2.05) is 24.3 Å². The van der Waals surface area contributed by atoms with Gasteiger partial charge in [-0.3, -0.25) is 0 Å². The molecule has 0 aliphatic carbocycles. The maximum Gasteiger partial charge on any atom is 0.314 e. The van der Waals surface area contributed by atoms with Gasteiger partial charge in [0.25, 0.3) is 0 Å². The van der Waals surface area contributed by atoms with Gasteiger partial charge in [0.1, 0.15) is 0 Å². The maximum atomic E-state index is 9.06. The number of nitriles is 1. The van der Waals surface area contributed by atoms with Crippen molar-refractivity contribution >= 4 is 50.9 Å². The molecule has 42 heavy (non-hydrogen) atoms. The maximum absolute atomic E-state index is 9.06. The third kappa shape index (κ3) is 13.3. The molecule has 0 saturated carbocycles. The predicted octanol–water partition coefficient (Wildman–Crippen LogP) is 9.41. The first-order chi connectivity index (χ1) is 19.1. The molecule has 0 unspecified atom stereocenters. The molecule has 0 saturated heterocycles. The van der Waals surface area contributed by atoms with Crippen LogP contribution in [-0.2, 0) is 26.6 Å². The van der Waals surface area contributed by atoms with Crippen molar-refractivity contribution in [1.29, 1.82) is 5.26 Å². The highest BCUT2D eigenvalue weighted by atomic mass is 28.5. The summed E-state index contributed by atoms with van der Waals surface area (Å²) in [4.78, 5) is 0. The topological polar surface area (TPSA) is 69.9 Å². The Labute approximate surface area is 263 Å². The number of hydrogen-bond acceptors (Lipinski definition) is 6. The van der Waals surface area contributed by atoms with Crippen LogP contribution < -0.4 is 0 Å². The van der Waals surface area contributed by atoms with Crippen molar-refractivity contribution < 1.29 is 20.6 Å². The van der Waals surface area contributed by atoms with Crippen LogP contribution in [0.1, 0.15) is 30.9 Å². The van der Waals surface area contributed by atoms with E-state index in [1.165, 1.54) is 18.4 Å². The van der Waals surface area contributed by atoms with E-state index in [9.17, 15) is 0 Å². The van der Waals surface area contributed by atoms with Crippen LogP contribution in [0.2, 0.25) is 84.6 Å². The fourth-order valence-corrected chi connectivity index (χ4v) is 36.1. The highest BCUT2D eigenvalue weighted by Crippen LogP contribution is 2.29. The van der Waals surface area contributed by atoms with E-state index in [0.29, 0.717) is 5.56 Å². The molecule has 2 aromatic rings. The molecule has 0 radical (unpaired) electrons. The van der Waals surface area contributed by atoms with E-state index in [4.69, 9.17) is 25.8 Å². The van der Waals surface area contributed by atoms with Crippen molar-refractivity contribution in [2.24, 2.45) is 0 Å². The van der Waals surface area contributed by atoms with Crippen LogP contribution in [0, 0.1) is 11.3 Å². The first kappa shape index (κ1) is 37.2. The molecule has 0 heterocycles. The molecule has 0 bridgehead atoms. The first-order valence-electron chi connectivity index (χ1n) is 15.2. The Kier molecular flexibility index (Phi) is 12.8. The van der Waals surface area contributed by atoms with Crippen LogP contribution in [0.5, 0.6) is 0 Å². The van der Waals surface area contributed by atoms with Gasteiger partial charge in [-0.15, -0.1) is 0 Å². The summed E-state index contributed by atoms with van der Waals surface area (Å²) in [5.41, 5.74) is 4.19.